The van der Waals surface area contributed by atoms with Gasteiger partial charge in [0.25, 0.3) is 0 Å². The summed E-state index contributed by atoms with van der Waals surface area (Å²) in [6.45, 7) is 10.5. The van der Waals surface area contributed by atoms with Crippen molar-refractivity contribution in [2.75, 3.05) is 18.8 Å². The highest BCUT2D eigenvalue weighted by Gasteiger charge is 2.35. The molecule has 0 aromatic heterocycles. The number of hydrogen-bond acceptors (Lipinski definition) is 3. The molecule has 0 aliphatic carbocycles. The molecule has 0 saturated carbocycles. The fourth-order valence-electron chi connectivity index (χ4n) is 1.56. The van der Waals surface area contributed by atoms with Crippen molar-refractivity contribution < 1.29 is 0 Å². The second kappa shape index (κ2) is 3.51. The summed E-state index contributed by atoms with van der Waals surface area (Å²) in [6.07, 6.45) is 0. The van der Waals surface area contributed by atoms with E-state index in [1.165, 1.54) is 0 Å². The van der Waals surface area contributed by atoms with Crippen molar-refractivity contribution in [2.45, 2.75) is 38.0 Å². The first kappa shape index (κ1) is 10.9. The molecule has 74 valence electrons. The van der Waals surface area contributed by atoms with E-state index in [0.29, 0.717) is 4.75 Å². The third-order valence-electron chi connectivity index (χ3n) is 2.49. The third-order valence-corrected chi connectivity index (χ3v) is 3.79. The fraction of sp³-hybridized carbons (Fsp3) is 0.900. The molecule has 1 aliphatic heterocycles. The van der Waals surface area contributed by atoms with Crippen molar-refractivity contribution in [2.24, 2.45) is 0 Å². The van der Waals surface area contributed by atoms with Gasteiger partial charge in [0.05, 0.1) is 6.07 Å². The van der Waals surface area contributed by atoms with Crippen LogP contribution in [0.2, 0.25) is 0 Å². The maximum atomic E-state index is 9.02. The molecule has 0 spiro atoms. The second-order valence-electron chi connectivity index (χ2n) is 4.70. The average Bonchev–Trinajstić information content (AvgIpc) is 2.03. The van der Waals surface area contributed by atoms with Crippen LogP contribution in [-0.2, 0) is 0 Å². The molecule has 0 bridgehead atoms. The number of nitrogens with zero attached hydrogens (tertiary/aromatic N) is 2. The lowest BCUT2D eigenvalue weighted by Gasteiger charge is -2.43. The van der Waals surface area contributed by atoms with Crippen molar-refractivity contribution in [1.29, 1.82) is 5.26 Å². The highest BCUT2D eigenvalue weighted by molar-refractivity contribution is 8.00. The van der Waals surface area contributed by atoms with E-state index >= 15 is 0 Å². The number of hydrogen-bond donors (Lipinski definition) is 0. The quantitative estimate of drug-likeness (QED) is 0.646. The molecule has 2 nitrogen and oxygen atoms in total. The van der Waals surface area contributed by atoms with Gasteiger partial charge in [-0.1, -0.05) is 0 Å². The standard InChI is InChI=1S/C10H18N2S/c1-9(2,7-11)12-5-6-13-10(3,4)8-12/h5-6,8H2,1-4H3. The Balaban J connectivity index is 2.68. The summed E-state index contributed by atoms with van der Waals surface area (Å²) in [7, 11) is 0. The van der Waals surface area contributed by atoms with Gasteiger partial charge in [0.15, 0.2) is 0 Å². The topological polar surface area (TPSA) is 27.0 Å². The lowest BCUT2D eigenvalue weighted by atomic mass is 10.0. The van der Waals surface area contributed by atoms with Crippen molar-refractivity contribution in [3.05, 3.63) is 0 Å². The summed E-state index contributed by atoms with van der Waals surface area (Å²) < 4.78 is 0.298. The van der Waals surface area contributed by atoms with Crippen LogP contribution in [-0.4, -0.2) is 34.0 Å². The Kier molecular flexibility index (Phi) is 2.94. The largest absolute Gasteiger partial charge is 0.284 e. The van der Waals surface area contributed by atoms with Gasteiger partial charge in [-0.2, -0.15) is 17.0 Å². The Bertz CT molecular complexity index is 228. The molecule has 0 atom stereocenters. The highest BCUT2D eigenvalue weighted by Crippen LogP contribution is 2.32. The average molecular weight is 198 g/mol. The molecule has 0 amide bonds. The van der Waals surface area contributed by atoms with Crippen LogP contribution in [0.5, 0.6) is 0 Å². The van der Waals surface area contributed by atoms with Gasteiger partial charge in [0, 0.05) is 23.6 Å². The minimum absolute atomic E-state index is 0.298. The van der Waals surface area contributed by atoms with Gasteiger partial charge in [-0.25, -0.2) is 0 Å². The summed E-state index contributed by atoms with van der Waals surface area (Å²) in [5.41, 5.74) is -0.307. The summed E-state index contributed by atoms with van der Waals surface area (Å²) in [5.74, 6) is 1.14. The molecule has 13 heavy (non-hydrogen) atoms. The molecule has 1 fully saturated rings. The maximum absolute atomic E-state index is 9.02. The number of thioether (sulfide) groups is 1. The van der Waals surface area contributed by atoms with Crippen LogP contribution >= 0.6 is 11.8 Å². The Labute approximate surface area is 85.3 Å². The van der Waals surface area contributed by atoms with E-state index < -0.39 is 0 Å². The van der Waals surface area contributed by atoms with Crippen LogP contribution in [0.15, 0.2) is 0 Å². The van der Waals surface area contributed by atoms with Gasteiger partial charge in [0.2, 0.25) is 0 Å². The van der Waals surface area contributed by atoms with E-state index in [9.17, 15) is 0 Å². The molecule has 0 aromatic rings. The van der Waals surface area contributed by atoms with Gasteiger partial charge in [0.1, 0.15) is 5.54 Å². The molecular formula is C10H18N2S. The molecular weight excluding hydrogens is 180 g/mol. The van der Waals surface area contributed by atoms with Crippen molar-refractivity contribution in [3.63, 3.8) is 0 Å². The smallest absolute Gasteiger partial charge is 0.103 e. The molecule has 0 unspecified atom stereocenters. The third kappa shape index (κ3) is 2.62. The van der Waals surface area contributed by atoms with E-state index in [-0.39, 0.29) is 5.54 Å². The summed E-state index contributed by atoms with van der Waals surface area (Å²) in [6, 6.07) is 2.37. The van der Waals surface area contributed by atoms with Crippen molar-refractivity contribution >= 4 is 11.8 Å². The molecule has 0 N–H and O–H groups in total. The first-order valence-corrected chi connectivity index (χ1v) is 5.66. The fourth-order valence-corrected chi connectivity index (χ4v) is 2.68. The molecule has 0 aromatic carbocycles. The molecule has 3 heteroatoms. The van der Waals surface area contributed by atoms with E-state index in [0.717, 1.165) is 18.8 Å². The zero-order valence-electron chi connectivity index (χ0n) is 8.92. The lowest BCUT2D eigenvalue weighted by molar-refractivity contribution is 0.160. The minimum Gasteiger partial charge on any atom is -0.284 e. The normalized spacial score (nSPS) is 23.9. The highest BCUT2D eigenvalue weighted by atomic mass is 32.2. The molecule has 1 saturated heterocycles. The monoisotopic (exact) mass is 198 g/mol. The number of nitriles is 1. The Morgan fingerprint density at radius 1 is 1.46 bits per heavy atom. The van der Waals surface area contributed by atoms with E-state index in [4.69, 9.17) is 5.26 Å². The Morgan fingerprint density at radius 3 is 2.54 bits per heavy atom. The summed E-state index contributed by atoms with van der Waals surface area (Å²) in [5, 5.41) is 9.02. The van der Waals surface area contributed by atoms with Crippen LogP contribution in [0.3, 0.4) is 0 Å². The Hall–Kier alpha value is -0.200. The molecule has 1 rings (SSSR count). The summed E-state index contributed by atoms with van der Waals surface area (Å²) >= 11 is 2.00. The van der Waals surface area contributed by atoms with Crippen LogP contribution in [0.4, 0.5) is 0 Å². The van der Waals surface area contributed by atoms with Crippen LogP contribution < -0.4 is 0 Å². The van der Waals surface area contributed by atoms with Gasteiger partial charge in [-0.3, -0.25) is 4.90 Å². The molecule has 1 heterocycles. The zero-order valence-corrected chi connectivity index (χ0v) is 9.74. The Morgan fingerprint density at radius 2 is 2.08 bits per heavy atom. The maximum Gasteiger partial charge on any atom is 0.103 e. The zero-order chi connectivity index (χ0) is 10.1. The van der Waals surface area contributed by atoms with Crippen LogP contribution in [0.25, 0.3) is 0 Å². The minimum atomic E-state index is -0.307. The predicted molar refractivity (Wildman–Crippen MR) is 57.8 cm³/mol. The number of rotatable bonds is 1. The van der Waals surface area contributed by atoms with Crippen molar-refractivity contribution in [1.82, 2.24) is 4.90 Å². The van der Waals surface area contributed by atoms with E-state index in [1.807, 2.05) is 25.6 Å². The van der Waals surface area contributed by atoms with Gasteiger partial charge in [-0.05, 0) is 27.7 Å². The van der Waals surface area contributed by atoms with Crippen LogP contribution in [0.1, 0.15) is 27.7 Å². The summed E-state index contributed by atoms with van der Waals surface area (Å²) in [4.78, 5) is 2.28. The van der Waals surface area contributed by atoms with Crippen LogP contribution in [0, 0.1) is 11.3 Å². The SMILES string of the molecule is CC1(C)CN(C(C)(C)C#N)CCS1. The molecule has 0 radical (unpaired) electrons. The van der Waals surface area contributed by atoms with Crippen molar-refractivity contribution in [3.8, 4) is 6.07 Å². The predicted octanol–water partition coefficient (Wildman–Crippen LogP) is 2.12. The first-order chi connectivity index (χ1) is 5.87. The van der Waals surface area contributed by atoms with Gasteiger partial charge in [-0.15, -0.1) is 0 Å². The van der Waals surface area contributed by atoms with E-state index in [2.05, 4.69) is 24.8 Å². The molecule has 1 aliphatic rings. The first-order valence-electron chi connectivity index (χ1n) is 4.68. The van der Waals surface area contributed by atoms with E-state index in [1.54, 1.807) is 0 Å². The second-order valence-corrected chi connectivity index (χ2v) is 6.50. The lowest BCUT2D eigenvalue weighted by Crippen LogP contribution is -2.52. The van der Waals surface area contributed by atoms with Gasteiger partial charge >= 0.3 is 0 Å². The van der Waals surface area contributed by atoms with Gasteiger partial charge < -0.3 is 0 Å².